The molecule has 21 heavy (non-hydrogen) atoms. The second-order valence-corrected chi connectivity index (χ2v) is 5.54. The van der Waals surface area contributed by atoms with E-state index in [4.69, 9.17) is 10.5 Å². The maximum absolute atomic E-state index is 13.4. The molecule has 5 heteroatoms. The fraction of sp³-hybridized carbons (Fsp3) is 0.188. The molecule has 110 valence electrons. The Bertz CT molecular complexity index is 646. The summed E-state index contributed by atoms with van der Waals surface area (Å²) < 4.78 is 18.1. The first kappa shape index (κ1) is 15.4. The van der Waals surface area contributed by atoms with E-state index in [0.29, 0.717) is 5.75 Å². The Morgan fingerprint density at radius 3 is 2.62 bits per heavy atom. The third-order valence-corrected chi connectivity index (χ3v) is 4.09. The minimum atomic E-state index is -0.414. The highest BCUT2D eigenvalue weighted by molar-refractivity contribution is 7.98. The maximum Gasteiger partial charge on any atom is 0.309 e. The van der Waals surface area contributed by atoms with Gasteiger partial charge in [-0.2, -0.15) is 0 Å². The molecule has 0 aliphatic rings. The number of carbonyl (C=O) groups is 1. The first-order valence-electron chi connectivity index (χ1n) is 6.41. The van der Waals surface area contributed by atoms with Crippen LogP contribution in [0.3, 0.4) is 0 Å². The van der Waals surface area contributed by atoms with Gasteiger partial charge in [-0.25, -0.2) is 4.39 Å². The highest BCUT2D eigenvalue weighted by atomic mass is 32.2. The van der Waals surface area contributed by atoms with E-state index in [-0.39, 0.29) is 18.1 Å². The molecule has 2 rings (SSSR count). The number of halogens is 1. The van der Waals surface area contributed by atoms with Gasteiger partial charge in [0.05, 0.1) is 19.2 Å². The first-order valence-corrected chi connectivity index (χ1v) is 7.40. The average molecular weight is 305 g/mol. The highest BCUT2D eigenvalue weighted by Gasteiger charge is 2.08. The van der Waals surface area contributed by atoms with Gasteiger partial charge in [-0.1, -0.05) is 24.3 Å². The molecule has 0 spiro atoms. The maximum atomic E-state index is 13.4. The molecular formula is C16H16FNO2S. The normalized spacial score (nSPS) is 10.4. The number of esters is 1. The van der Waals surface area contributed by atoms with Gasteiger partial charge in [-0.05, 0) is 29.3 Å². The van der Waals surface area contributed by atoms with Gasteiger partial charge in [-0.15, -0.1) is 11.8 Å². The van der Waals surface area contributed by atoms with Crippen molar-refractivity contribution in [3.05, 3.63) is 59.4 Å². The number of rotatable bonds is 5. The summed E-state index contributed by atoms with van der Waals surface area (Å²) in [5, 5.41) is 0. The minimum absolute atomic E-state index is 0.144. The van der Waals surface area contributed by atoms with Gasteiger partial charge in [0.1, 0.15) is 5.82 Å². The van der Waals surface area contributed by atoms with Crippen LogP contribution < -0.4 is 5.73 Å². The number of ether oxygens (including phenoxy) is 1. The van der Waals surface area contributed by atoms with Crippen LogP contribution in [0.15, 0.2) is 47.4 Å². The molecule has 0 aliphatic carbocycles. The zero-order valence-electron chi connectivity index (χ0n) is 11.6. The Balaban J connectivity index is 2.09. The quantitative estimate of drug-likeness (QED) is 0.522. The van der Waals surface area contributed by atoms with Gasteiger partial charge in [0.25, 0.3) is 0 Å². The molecule has 0 atom stereocenters. The molecule has 0 saturated heterocycles. The summed E-state index contributed by atoms with van der Waals surface area (Å²) >= 11 is 1.50. The summed E-state index contributed by atoms with van der Waals surface area (Å²) in [6.07, 6.45) is 0.239. The van der Waals surface area contributed by atoms with Gasteiger partial charge in [0.2, 0.25) is 0 Å². The molecule has 0 aliphatic heterocycles. The fourth-order valence-electron chi connectivity index (χ4n) is 1.86. The van der Waals surface area contributed by atoms with Crippen molar-refractivity contribution in [1.29, 1.82) is 0 Å². The summed E-state index contributed by atoms with van der Waals surface area (Å²) in [5.41, 5.74) is 7.55. The van der Waals surface area contributed by atoms with Crippen molar-refractivity contribution in [2.75, 3.05) is 12.8 Å². The minimum Gasteiger partial charge on any atom is -0.469 e. The van der Waals surface area contributed by atoms with Crippen LogP contribution in [0.25, 0.3) is 0 Å². The standard InChI is InChI=1S/C16H16FNO2S/c1-20-16(19)8-11-4-2-3-5-12(11)10-21-13-6-7-15(18)14(17)9-13/h2-7,9H,8,10,18H2,1H3. The lowest BCUT2D eigenvalue weighted by atomic mass is 10.1. The van der Waals surface area contributed by atoms with Gasteiger partial charge in [-0.3, -0.25) is 4.79 Å². The van der Waals surface area contributed by atoms with Crippen molar-refractivity contribution in [2.24, 2.45) is 0 Å². The number of hydrogen-bond acceptors (Lipinski definition) is 4. The van der Waals surface area contributed by atoms with Crippen molar-refractivity contribution >= 4 is 23.4 Å². The predicted molar refractivity (Wildman–Crippen MR) is 82.5 cm³/mol. The molecule has 2 aromatic carbocycles. The molecule has 3 nitrogen and oxygen atoms in total. The van der Waals surface area contributed by atoms with E-state index in [9.17, 15) is 9.18 Å². The SMILES string of the molecule is COC(=O)Cc1ccccc1CSc1ccc(N)c(F)c1. The van der Waals surface area contributed by atoms with E-state index in [2.05, 4.69) is 0 Å². The number of nitrogens with two attached hydrogens (primary N) is 1. The number of hydrogen-bond donors (Lipinski definition) is 1. The molecular weight excluding hydrogens is 289 g/mol. The number of anilines is 1. The number of methoxy groups -OCH3 is 1. The number of benzene rings is 2. The van der Waals surface area contributed by atoms with Crippen LogP contribution in [-0.4, -0.2) is 13.1 Å². The lowest BCUT2D eigenvalue weighted by molar-refractivity contribution is -0.139. The van der Waals surface area contributed by atoms with E-state index in [0.717, 1.165) is 16.0 Å². The number of nitrogen functional groups attached to an aromatic ring is 1. The van der Waals surface area contributed by atoms with E-state index in [1.54, 1.807) is 12.1 Å². The molecule has 0 saturated carbocycles. The van der Waals surface area contributed by atoms with Crippen molar-refractivity contribution in [2.45, 2.75) is 17.1 Å². The summed E-state index contributed by atoms with van der Waals surface area (Å²) in [4.78, 5) is 12.2. The summed E-state index contributed by atoms with van der Waals surface area (Å²) in [6, 6.07) is 12.4. The number of thioether (sulfide) groups is 1. The lowest BCUT2D eigenvalue weighted by Crippen LogP contribution is -2.06. The van der Waals surface area contributed by atoms with Crippen LogP contribution >= 0.6 is 11.8 Å². The Labute approximate surface area is 127 Å². The highest BCUT2D eigenvalue weighted by Crippen LogP contribution is 2.26. The molecule has 0 aromatic heterocycles. The largest absolute Gasteiger partial charge is 0.469 e. The van der Waals surface area contributed by atoms with Crippen molar-refractivity contribution < 1.29 is 13.9 Å². The first-order chi connectivity index (χ1) is 10.1. The van der Waals surface area contributed by atoms with E-state index >= 15 is 0 Å². The van der Waals surface area contributed by atoms with Crippen molar-refractivity contribution in [3.63, 3.8) is 0 Å². The fourth-order valence-corrected chi connectivity index (χ4v) is 2.81. The second kappa shape index (κ2) is 7.13. The van der Waals surface area contributed by atoms with Gasteiger partial charge in [0.15, 0.2) is 0 Å². The van der Waals surface area contributed by atoms with E-state index in [1.165, 1.54) is 24.9 Å². The molecule has 0 unspecified atom stereocenters. The molecule has 0 amide bonds. The molecule has 0 bridgehead atoms. The van der Waals surface area contributed by atoms with Crippen LogP contribution in [0.5, 0.6) is 0 Å². The monoisotopic (exact) mass is 305 g/mol. The van der Waals surface area contributed by atoms with Crippen molar-refractivity contribution in [1.82, 2.24) is 0 Å². The number of carbonyl (C=O) groups excluding carboxylic acids is 1. The third-order valence-electron chi connectivity index (χ3n) is 3.05. The summed E-state index contributed by atoms with van der Waals surface area (Å²) in [5.74, 6) is -0.0369. The summed E-state index contributed by atoms with van der Waals surface area (Å²) in [7, 11) is 1.37. The average Bonchev–Trinajstić information content (AvgIpc) is 2.49. The van der Waals surface area contributed by atoms with Gasteiger partial charge in [0, 0.05) is 10.6 Å². The molecule has 0 radical (unpaired) electrons. The topological polar surface area (TPSA) is 52.3 Å². The predicted octanol–water partition coefficient (Wildman–Crippen LogP) is 3.42. The van der Waals surface area contributed by atoms with Crippen LogP contribution in [0.2, 0.25) is 0 Å². The van der Waals surface area contributed by atoms with Gasteiger partial charge >= 0.3 is 5.97 Å². The van der Waals surface area contributed by atoms with E-state index in [1.807, 2.05) is 24.3 Å². The lowest BCUT2D eigenvalue weighted by Gasteiger charge is -2.09. The zero-order valence-corrected chi connectivity index (χ0v) is 12.5. The Hall–Kier alpha value is -2.01. The molecule has 2 aromatic rings. The third kappa shape index (κ3) is 4.23. The molecule has 0 heterocycles. The van der Waals surface area contributed by atoms with Crippen LogP contribution in [0.4, 0.5) is 10.1 Å². The zero-order chi connectivity index (χ0) is 15.2. The Kier molecular flexibility index (Phi) is 5.22. The van der Waals surface area contributed by atoms with Crippen LogP contribution in [0.1, 0.15) is 11.1 Å². The van der Waals surface area contributed by atoms with Crippen molar-refractivity contribution in [3.8, 4) is 0 Å². The van der Waals surface area contributed by atoms with E-state index < -0.39 is 5.82 Å². The van der Waals surface area contributed by atoms with Gasteiger partial charge < -0.3 is 10.5 Å². The Morgan fingerprint density at radius 1 is 1.24 bits per heavy atom. The van der Waals surface area contributed by atoms with Crippen LogP contribution in [-0.2, 0) is 21.7 Å². The smallest absolute Gasteiger partial charge is 0.309 e. The molecule has 2 N–H and O–H groups in total. The summed E-state index contributed by atoms with van der Waals surface area (Å²) in [6.45, 7) is 0. The van der Waals surface area contributed by atoms with Crippen LogP contribution in [0, 0.1) is 5.82 Å². The Morgan fingerprint density at radius 2 is 1.95 bits per heavy atom. The second-order valence-electron chi connectivity index (χ2n) is 4.49. The molecule has 0 fully saturated rings.